The fourth-order valence-electron chi connectivity index (χ4n) is 3.17. The van der Waals surface area contributed by atoms with Gasteiger partial charge < -0.3 is 10.1 Å². The van der Waals surface area contributed by atoms with E-state index in [1.165, 1.54) is 5.56 Å². The molecule has 0 saturated carbocycles. The molecule has 0 bridgehead atoms. The quantitative estimate of drug-likeness (QED) is 0.920. The van der Waals surface area contributed by atoms with Crippen molar-refractivity contribution >= 4 is 11.6 Å². The van der Waals surface area contributed by atoms with Crippen LogP contribution in [0.15, 0.2) is 18.2 Å². The van der Waals surface area contributed by atoms with E-state index in [0.717, 1.165) is 37.4 Å². The lowest BCUT2D eigenvalue weighted by atomic mass is 9.98. The minimum atomic E-state index is 0.0837. The Morgan fingerprint density at radius 1 is 1.45 bits per heavy atom. The van der Waals surface area contributed by atoms with Crippen LogP contribution < -0.4 is 5.32 Å². The number of anilines is 1. The van der Waals surface area contributed by atoms with Crippen molar-refractivity contribution < 1.29 is 9.53 Å². The fraction of sp³-hybridized carbons (Fsp3) is 0.562. The van der Waals surface area contributed by atoms with E-state index in [1.807, 2.05) is 12.1 Å². The summed E-state index contributed by atoms with van der Waals surface area (Å²) in [7, 11) is 0. The molecule has 1 N–H and O–H groups in total. The third kappa shape index (κ3) is 2.45. The highest BCUT2D eigenvalue weighted by molar-refractivity contribution is 5.99. The van der Waals surface area contributed by atoms with Crippen molar-refractivity contribution in [2.75, 3.05) is 25.0 Å². The number of benzene rings is 1. The van der Waals surface area contributed by atoms with Crippen molar-refractivity contribution in [3.8, 4) is 0 Å². The van der Waals surface area contributed by atoms with Crippen molar-refractivity contribution in [2.45, 2.75) is 38.8 Å². The van der Waals surface area contributed by atoms with Crippen LogP contribution in [0.5, 0.6) is 0 Å². The Labute approximate surface area is 120 Å². The maximum absolute atomic E-state index is 11.6. The molecule has 2 aliphatic rings. The van der Waals surface area contributed by atoms with E-state index < -0.39 is 0 Å². The van der Waals surface area contributed by atoms with E-state index in [4.69, 9.17) is 4.74 Å². The molecule has 1 aromatic carbocycles. The topological polar surface area (TPSA) is 41.6 Å². The van der Waals surface area contributed by atoms with Gasteiger partial charge in [0, 0.05) is 18.3 Å². The van der Waals surface area contributed by atoms with Gasteiger partial charge in [-0.05, 0) is 37.1 Å². The van der Waals surface area contributed by atoms with E-state index in [-0.39, 0.29) is 12.0 Å². The molecule has 2 aliphatic heterocycles. The van der Waals surface area contributed by atoms with E-state index in [9.17, 15) is 4.79 Å². The lowest BCUT2D eigenvalue weighted by Crippen LogP contribution is -2.45. The van der Waals surface area contributed by atoms with Gasteiger partial charge in [-0.3, -0.25) is 9.69 Å². The second-order valence-electron chi connectivity index (χ2n) is 5.76. The molecule has 0 radical (unpaired) electrons. The maximum atomic E-state index is 11.6. The molecule has 1 amide bonds. The molecule has 4 nitrogen and oxygen atoms in total. The van der Waals surface area contributed by atoms with E-state index in [0.29, 0.717) is 12.5 Å². The molecule has 2 heterocycles. The Bertz CT molecular complexity index is 515. The van der Waals surface area contributed by atoms with Gasteiger partial charge in [0.15, 0.2) is 0 Å². The fourth-order valence-corrected chi connectivity index (χ4v) is 3.17. The molecular formula is C16H22N2O2. The summed E-state index contributed by atoms with van der Waals surface area (Å²) >= 11 is 0. The predicted molar refractivity (Wildman–Crippen MR) is 78.8 cm³/mol. The van der Waals surface area contributed by atoms with Crippen molar-refractivity contribution in [1.82, 2.24) is 4.90 Å². The molecule has 20 heavy (non-hydrogen) atoms. The van der Waals surface area contributed by atoms with Crippen LogP contribution >= 0.6 is 0 Å². The number of hydrogen-bond acceptors (Lipinski definition) is 3. The largest absolute Gasteiger partial charge is 0.371 e. The second-order valence-corrected chi connectivity index (χ2v) is 5.76. The summed E-state index contributed by atoms with van der Waals surface area (Å²) in [6.07, 6.45) is 1.72. The molecule has 1 aromatic rings. The number of hydrogen-bond donors (Lipinski definition) is 1. The van der Waals surface area contributed by atoms with Gasteiger partial charge >= 0.3 is 0 Å². The maximum Gasteiger partial charge on any atom is 0.228 e. The molecule has 0 aliphatic carbocycles. The molecule has 0 spiro atoms. The number of fused-ring (bicyclic) bond motifs is 1. The summed E-state index contributed by atoms with van der Waals surface area (Å²) in [5, 5.41) is 2.91. The Morgan fingerprint density at radius 2 is 2.30 bits per heavy atom. The first kappa shape index (κ1) is 13.6. The average molecular weight is 274 g/mol. The number of nitrogens with one attached hydrogen (secondary N) is 1. The SMILES string of the molecule is CCCN1CC(c2cccc3c2CC(=O)N3)OC[C@@H]1C. The standard InChI is InChI=1S/C16H22N2O2/c1-3-7-18-9-15(20-10-11(18)2)12-5-4-6-14-13(12)8-16(19)17-14/h4-6,11,15H,3,7-10H2,1-2H3,(H,17,19)/t11-,15?/m0/s1. The average Bonchev–Trinajstić information content (AvgIpc) is 2.81. The summed E-state index contributed by atoms with van der Waals surface area (Å²) in [5.41, 5.74) is 3.25. The summed E-state index contributed by atoms with van der Waals surface area (Å²) in [6.45, 7) is 7.20. The van der Waals surface area contributed by atoms with E-state index >= 15 is 0 Å². The smallest absolute Gasteiger partial charge is 0.228 e. The minimum Gasteiger partial charge on any atom is -0.371 e. The Balaban J connectivity index is 1.83. The van der Waals surface area contributed by atoms with Crippen LogP contribution in [0.3, 0.4) is 0 Å². The highest BCUT2D eigenvalue weighted by Gasteiger charge is 2.30. The predicted octanol–water partition coefficient (Wildman–Crippen LogP) is 2.35. The third-order valence-electron chi connectivity index (χ3n) is 4.24. The third-order valence-corrected chi connectivity index (χ3v) is 4.24. The van der Waals surface area contributed by atoms with Gasteiger partial charge in [0.05, 0.1) is 19.1 Å². The summed E-state index contributed by atoms with van der Waals surface area (Å²) in [5.74, 6) is 0.0852. The van der Waals surface area contributed by atoms with Gasteiger partial charge in [-0.1, -0.05) is 19.1 Å². The van der Waals surface area contributed by atoms with Crippen LogP contribution in [0, 0.1) is 0 Å². The first-order chi connectivity index (χ1) is 9.69. The number of carbonyl (C=O) groups is 1. The zero-order chi connectivity index (χ0) is 14.1. The van der Waals surface area contributed by atoms with Crippen molar-refractivity contribution in [3.63, 3.8) is 0 Å². The van der Waals surface area contributed by atoms with Gasteiger partial charge in [-0.2, -0.15) is 0 Å². The number of carbonyl (C=O) groups excluding carboxylic acids is 1. The van der Waals surface area contributed by atoms with Crippen LogP contribution in [-0.2, 0) is 16.0 Å². The zero-order valence-electron chi connectivity index (χ0n) is 12.2. The molecule has 2 atom stereocenters. The lowest BCUT2D eigenvalue weighted by Gasteiger charge is -2.38. The molecule has 108 valence electrons. The van der Waals surface area contributed by atoms with Crippen LogP contribution in [0.1, 0.15) is 37.5 Å². The van der Waals surface area contributed by atoms with Crippen molar-refractivity contribution in [1.29, 1.82) is 0 Å². The number of amides is 1. The summed E-state index contributed by atoms with van der Waals surface area (Å²) < 4.78 is 6.03. The van der Waals surface area contributed by atoms with Crippen LogP contribution in [0.2, 0.25) is 0 Å². The molecular weight excluding hydrogens is 252 g/mol. The van der Waals surface area contributed by atoms with Crippen molar-refractivity contribution in [3.05, 3.63) is 29.3 Å². The van der Waals surface area contributed by atoms with Gasteiger partial charge in [0.2, 0.25) is 5.91 Å². The number of ether oxygens (including phenoxy) is 1. The molecule has 1 fully saturated rings. The Morgan fingerprint density at radius 3 is 3.10 bits per heavy atom. The van der Waals surface area contributed by atoms with Crippen LogP contribution in [-0.4, -0.2) is 36.5 Å². The second kappa shape index (κ2) is 5.54. The number of rotatable bonds is 3. The first-order valence-corrected chi connectivity index (χ1v) is 7.46. The Kier molecular flexibility index (Phi) is 3.76. The van der Waals surface area contributed by atoms with E-state index in [1.54, 1.807) is 0 Å². The number of morpholine rings is 1. The summed E-state index contributed by atoms with van der Waals surface area (Å²) in [4.78, 5) is 14.1. The monoisotopic (exact) mass is 274 g/mol. The first-order valence-electron chi connectivity index (χ1n) is 7.46. The Hall–Kier alpha value is -1.39. The van der Waals surface area contributed by atoms with E-state index in [2.05, 4.69) is 30.1 Å². The molecule has 1 unspecified atom stereocenters. The molecule has 0 aromatic heterocycles. The number of nitrogens with zero attached hydrogens (tertiary/aromatic N) is 1. The summed E-state index contributed by atoms with van der Waals surface area (Å²) in [6, 6.07) is 6.55. The highest BCUT2D eigenvalue weighted by atomic mass is 16.5. The van der Waals surface area contributed by atoms with Gasteiger partial charge in [-0.15, -0.1) is 0 Å². The zero-order valence-corrected chi connectivity index (χ0v) is 12.2. The normalized spacial score (nSPS) is 26.4. The van der Waals surface area contributed by atoms with Crippen LogP contribution in [0.25, 0.3) is 0 Å². The van der Waals surface area contributed by atoms with Crippen LogP contribution in [0.4, 0.5) is 5.69 Å². The minimum absolute atomic E-state index is 0.0837. The molecule has 4 heteroatoms. The molecule has 1 saturated heterocycles. The highest BCUT2D eigenvalue weighted by Crippen LogP contribution is 2.34. The van der Waals surface area contributed by atoms with Gasteiger partial charge in [0.25, 0.3) is 0 Å². The van der Waals surface area contributed by atoms with Crippen molar-refractivity contribution in [2.24, 2.45) is 0 Å². The van der Waals surface area contributed by atoms with Gasteiger partial charge in [0.1, 0.15) is 0 Å². The molecule has 3 rings (SSSR count). The van der Waals surface area contributed by atoms with Gasteiger partial charge in [-0.25, -0.2) is 0 Å². The lowest BCUT2D eigenvalue weighted by molar-refractivity contribution is -0.115.